The van der Waals surface area contributed by atoms with E-state index in [1.165, 1.54) is 19.2 Å². The second-order valence-corrected chi connectivity index (χ2v) is 6.95. The maximum Gasteiger partial charge on any atom is 0.339 e. The minimum Gasteiger partial charge on any atom is -0.465 e. The van der Waals surface area contributed by atoms with Gasteiger partial charge in [-0.2, -0.15) is 0 Å². The number of hydrogen-bond acceptors (Lipinski definition) is 5. The molecule has 1 amide bonds. The number of amides is 1. The molecule has 26 heavy (non-hydrogen) atoms. The quantitative estimate of drug-likeness (QED) is 0.715. The van der Waals surface area contributed by atoms with Crippen LogP contribution in [0.2, 0.25) is 0 Å². The van der Waals surface area contributed by atoms with Gasteiger partial charge in [0.2, 0.25) is 15.9 Å². The number of ether oxygens (including phenoxy) is 1. The summed E-state index contributed by atoms with van der Waals surface area (Å²) in [5.41, 5.74) is 0.459. The van der Waals surface area contributed by atoms with Crippen molar-refractivity contribution in [3.63, 3.8) is 0 Å². The van der Waals surface area contributed by atoms with Crippen molar-refractivity contribution < 1.29 is 27.1 Å². The first-order valence-corrected chi connectivity index (χ1v) is 9.04. The van der Waals surface area contributed by atoms with Crippen molar-refractivity contribution >= 4 is 27.6 Å². The number of benzene rings is 2. The average molecular weight is 380 g/mol. The van der Waals surface area contributed by atoms with E-state index in [0.29, 0.717) is 0 Å². The average Bonchev–Trinajstić information content (AvgIpc) is 2.61. The lowest BCUT2D eigenvalue weighted by Gasteiger charge is -2.10. The molecule has 7 nitrogen and oxygen atoms in total. The van der Waals surface area contributed by atoms with Crippen molar-refractivity contribution in [2.45, 2.75) is 11.3 Å². The highest BCUT2D eigenvalue weighted by Crippen LogP contribution is 2.16. The Morgan fingerprint density at radius 2 is 1.73 bits per heavy atom. The third-order valence-corrected chi connectivity index (χ3v) is 4.85. The van der Waals surface area contributed by atoms with Crippen molar-refractivity contribution in [3.05, 3.63) is 59.9 Å². The van der Waals surface area contributed by atoms with E-state index in [-0.39, 0.29) is 29.1 Å². The number of nitrogens with one attached hydrogen (secondary N) is 2. The summed E-state index contributed by atoms with van der Waals surface area (Å²) in [7, 11) is -2.61. The summed E-state index contributed by atoms with van der Waals surface area (Å²) in [6.45, 7) is -0.161. The number of rotatable bonds is 7. The molecule has 9 heteroatoms. The lowest BCUT2D eigenvalue weighted by atomic mass is 10.1. The first-order chi connectivity index (χ1) is 12.3. The molecular formula is C17H17FN2O5S. The number of hydrogen-bond donors (Lipinski definition) is 2. The standard InChI is InChI=1S/C17H17FN2O5S/c1-25-17(22)14-4-2-3-5-15(14)20-16(21)10-11-19-26(23,24)13-8-6-12(18)7-9-13/h2-9,19H,10-11H2,1H3,(H,20,21). The second-order valence-electron chi connectivity index (χ2n) is 5.19. The third kappa shape index (κ3) is 5.11. The van der Waals surface area contributed by atoms with Crippen molar-refractivity contribution in [1.29, 1.82) is 0 Å². The molecule has 0 atom stereocenters. The number of methoxy groups -OCH3 is 1. The Bertz CT molecular complexity index is 898. The smallest absolute Gasteiger partial charge is 0.339 e. The fraction of sp³-hybridized carbons (Fsp3) is 0.176. The van der Waals surface area contributed by atoms with E-state index in [2.05, 4.69) is 14.8 Å². The van der Waals surface area contributed by atoms with E-state index in [0.717, 1.165) is 24.3 Å². The van der Waals surface area contributed by atoms with Gasteiger partial charge >= 0.3 is 5.97 Å². The molecule has 0 bridgehead atoms. The predicted octanol–water partition coefficient (Wildman–Crippen LogP) is 1.92. The normalized spacial score (nSPS) is 11.0. The summed E-state index contributed by atoms with van der Waals surface area (Å²) in [6.07, 6.45) is -0.157. The van der Waals surface area contributed by atoms with Gasteiger partial charge in [-0.3, -0.25) is 4.79 Å². The Kier molecular flexibility index (Phi) is 6.42. The molecule has 0 spiro atoms. The van der Waals surface area contributed by atoms with Crippen LogP contribution in [0.5, 0.6) is 0 Å². The van der Waals surface area contributed by atoms with E-state index in [1.807, 2.05) is 0 Å². The van der Waals surface area contributed by atoms with Crippen LogP contribution in [0.4, 0.5) is 10.1 Å². The molecule has 0 unspecified atom stereocenters. The Morgan fingerprint density at radius 3 is 2.38 bits per heavy atom. The largest absolute Gasteiger partial charge is 0.465 e. The fourth-order valence-corrected chi connectivity index (χ4v) is 3.12. The number of sulfonamides is 1. The molecule has 2 aromatic rings. The first-order valence-electron chi connectivity index (χ1n) is 7.56. The molecular weight excluding hydrogens is 363 g/mol. The van der Waals surface area contributed by atoms with Gasteiger partial charge in [0.05, 0.1) is 23.3 Å². The Morgan fingerprint density at radius 1 is 1.08 bits per heavy atom. The van der Waals surface area contributed by atoms with E-state index in [4.69, 9.17) is 0 Å². The zero-order chi connectivity index (χ0) is 19.2. The number of carbonyl (C=O) groups excluding carboxylic acids is 2. The minimum atomic E-state index is -3.84. The number of carbonyl (C=O) groups is 2. The van der Waals surface area contributed by atoms with Gasteiger partial charge in [0, 0.05) is 13.0 Å². The highest BCUT2D eigenvalue weighted by Gasteiger charge is 2.16. The van der Waals surface area contributed by atoms with Gasteiger partial charge in [-0.1, -0.05) is 12.1 Å². The van der Waals surface area contributed by atoms with Crippen molar-refractivity contribution in [2.75, 3.05) is 19.0 Å². The minimum absolute atomic E-state index is 0.102. The van der Waals surface area contributed by atoms with Crippen LogP contribution in [0.3, 0.4) is 0 Å². The maximum atomic E-state index is 12.9. The highest BCUT2D eigenvalue weighted by atomic mass is 32.2. The van der Waals surface area contributed by atoms with Crippen molar-refractivity contribution in [2.24, 2.45) is 0 Å². The highest BCUT2D eigenvalue weighted by molar-refractivity contribution is 7.89. The van der Waals surface area contributed by atoms with Crippen molar-refractivity contribution in [3.8, 4) is 0 Å². The van der Waals surface area contributed by atoms with Crippen LogP contribution in [0, 0.1) is 5.82 Å². The summed E-state index contributed by atoms with van der Waals surface area (Å²) >= 11 is 0. The second kappa shape index (κ2) is 8.54. The van der Waals surface area contributed by atoms with Crippen LogP contribution in [0.15, 0.2) is 53.4 Å². The fourth-order valence-electron chi connectivity index (χ4n) is 2.09. The number of para-hydroxylation sites is 1. The molecule has 0 fully saturated rings. The van der Waals surface area contributed by atoms with Gasteiger partial charge in [0.25, 0.3) is 0 Å². The van der Waals surface area contributed by atoms with Gasteiger partial charge in [0.15, 0.2) is 0 Å². The summed E-state index contributed by atoms with van der Waals surface area (Å²) < 4.78 is 43.8. The molecule has 0 saturated heterocycles. The lowest BCUT2D eigenvalue weighted by molar-refractivity contribution is -0.116. The topological polar surface area (TPSA) is 102 Å². The van der Waals surface area contributed by atoms with Crippen LogP contribution in [0.25, 0.3) is 0 Å². The van der Waals surface area contributed by atoms with E-state index in [1.54, 1.807) is 12.1 Å². The van der Waals surface area contributed by atoms with Gasteiger partial charge in [-0.05, 0) is 36.4 Å². The van der Waals surface area contributed by atoms with Gasteiger partial charge < -0.3 is 10.1 Å². The zero-order valence-corrected chi connectivity index (χ0v) is 14.7. The summed E-state index contributed by atoms with van der Waals surface area (Å²) in [6, 6.07) is 10.6. The van der Waals surface area contributed by atoms with Gasteiger partial charge in [0.1, 0.15) is 5.82 Å². The Hall–Kier alpha value is -2.78. The first kappa shape index (κ1) is 19.5. The molecule has 0 aliphatic heterocycles. The molecule has 0 aromatic heterocycles. The van der Waals surface area contributed by atoms with Crippen LogP contribution >= 0.6 is 0 Å². The maximum absolute atomic E-state index is 12.9. The number of anilines is 1. The van der Waals surface area contributed by atoms with E-state index in [9.17, 15) is 22.4 Å². The molecule has 0 saturated carbocycles. The molecule has 0 aliphatic carbocycles. The van der Waals surface area contributed by atoms with Gasteiger partial charge in [-0.15, -0.1) is 0 Å². The van der Waals surface area contributed by atoms with Crippen LogP contribution in [0.1, 0.15) is 16.8 Å². The summed E-state index contributed by atoms with van der Waals surface area (Å²) in [5, 5.41) is 2.54. The molecule has 2 N–H and O–H groups in total. The number of halogens is 1. The molecule has 2 aromatic carbocycles. The molecule has 0 aliphatic rings. The monoisotopic (exact) mass is 380 g/mol. The SMILES string of the molecule is COC(=O)c1ccccc1NC(=O)CCNS(=O)(=O)c1ccc(F)cc1. The van der Waals surface area contributed by atoms with E-state index >= 15 is 0 Å². The molecule has 0 radical (unpaired) electrons. The van der Waals surface area contributed by atoms with Crippen LogP contribution in [-0.4, -0.2) is 33.9 Å². The zero-order valence-electron chi connectivity index (χ0n) is 13.9. The number of esters is 1. The van der Waals surface area contributed by atoms with Gasteiger partial charge in [-0.25, -0.2) is 22.3 Å². The van der Waals surface area contributed by atoms with Crippen molar-refractivity contribution in [1.82, 2.24) is 4.72 Å². The van der Waals surface area contributed by atoms with E-state index < -0.39 is 27.7 Å². The predicted molar refractivity (Wildman–Crippen MR) is 92.6 cm³/mol. The lowest BCUT2D eigenvalue weighted by Crippen LogP contribution is -2.28. The van der Waals surface area contributed by atoms with Crippen LogP contribution < -0.4 is 10.0 Å². The molecule has 0 heterocycles. The molecule has 2 rings (SSSR count). The van der Waals surface area contributed by atoms with Crippen LogP contribution in [-0.2, 0) is 19.6 Å². The molecule has 138 valence electrons. The Balaban J connectivity index is 1.94. The summed E-state index contributed by atoms with van der Waals surface area (Å²) in [5.74, 6) is -1.63. The summed E-state index contributed by atoms with van der Waals surface area (Å²) in [4.78, 5) is 23.5. The Labute approximate surface area is 150 Å². The third-order valence-electron chi connectivity index (χ3n) is 3.37.